The van der Waals surface area contributed by atoms with Crippen molar-refractivity contribution in [3.05, 3.63) is 242 Å². The minimum absolute atomic E-state index is 0. The van der Waals surface area contributed by atoms with E-state index in [1.807, 2.05) is 65.2 Å². The van der Waals surface area contributed by atoms with Crippen LogP contribution in [0.2, 0.25) is 0 Å². The van der Waals surface area contributed by atoms with Gasteiger partial charge >= 0.3 is 0 Å². The van der Waals surface area contributed by atoms with Crippen LogP contribution in [0.15, 0.2) is 218 Å². The molecule has 4 heterocycles. The predicted molar refractivity (Wildman–Crippen MR) is 275 cm³/mol. The maximum Gasteiger partial charge on any atom is 0.268 e. The summed E-state index contributed by atoms with van der Waals surface area (Å²) in [6, 6.07) is 48.7. The van der Waals surface area contributed by atoms with Gasteiger partial charge in [-0.15, -0.1) is 24.3 Å². The number of rotatable bonds is 9. The molecule has 13 aromatic rings. The van der Waals surface area contributed by atoms with Gasteiger partial charge in [-0.1, -0.05) is 175 Å². The fraction of sp³-hybridized carbons (Fsp3) is 0.0323. The van der Waals surface area contributed by atoms with E-state index in [1.165, 1.54) is 6.92 Å². The molecule has 6 nitrogen and oxygen atoms in total. The Morgan fingerprint density at radius 1 is 0.594 bits per heavy atom. The molecule has 0 aliphatic carbocycles. The summed E-state index contributed by atoms with van der Waals surface area (Å²) in [7, 11) is 0. The van der Waals surface area contributed by atoms with Gasteiger partial charge in [-0.3, -0.25) is 4.57 Å². The van der Waals surface area contributed by atoms with E-state index < -0.39 is 66.8 Å². The fourth-order valence-corrected chi connectivity index (χ4v) is 9.42. The van der Waals surface area contributed by atoms with Crippen LogP contribution in [-0.4, -0.2) is 18.7 Å². The van der Waals surface area contributed by atoms with Crippen LogP contribution in [0.3, 0.4) is 0 Å². The number of aryl methyl sites for hydroxylation is 1. The van der Waals surface area contributed by atoms with Crippen LogP contribution in [0.25, 0.3) is 99.8 Å². The van der Waals surface area contributed by atoms with E-state index >= 15 is 0 Å². The van der Waals surface area contributed by atoms with Crippen molar-refractivity contribution < 1.29 is 46.8 Å². The molecule has 69 heavy (non-hydrogen) atoms. The van der Waals surface area contributed by atoms with Gasteiger partial charge in [-0.25, -0.2) is 4.98 Å². The van der Waals surface area contributed by atoms with Crippen LogP contribution in [-0.2, 0) is 27.4 Å². The Morgan fingerprint density at radius 2 is 1.19 bits per heavy atom. The third-order valence-electron chi connectivity index (χ3n) is 12.3. The summed E-state index contributed by atoms with van der Waals surface area (Å²) in [5.74, 6) is 1.09. The van der Waals surface area contributed by atoms with Crippen LogP contribution in [0, 0.1) is 18.5 Å². The molecule has 0 fully saturated rings. The second-order valence-corrected chi connectivity index (χ2v) is 16.1. The van der Waals surface area contributed by atoms with Gasteiger partial charge < -0.3 is 18.4 Å². The summed E-state index contributed by atoms with van der Waals surface area (Å²) in [6.07, 6.45) is 3.37. The smallest absolute Gasteiger partial charge is 0.268 e. The van der Waals surface area contributed by atoms with E-state index in [9.17, 15) is 0 Å². The Balaban J connectivity index is 0.00000651. The number of ether oxygens (including phenoxy) is 1. The topological polar surface area (TPSA) is 40.8 Å². The molecule has 9 aromatic carbocycles. The Hall–Kier alpha value is -8.31. The first-order valence-electron chi connectivity index (χ1n) is 27.9. The van der Waals surface area contributed by atoms with Crippen LogP contribution in [0.1, 0.15) is 28.9 Å². The minimum Gasteiger partial charge on any atom is -0.510 e. The number of imidazole rings is 1. The molecule has 0 N–H and O–H groups in total. The molecule has 0 spiro atoms. The Labute approximate surface area is 430 Å². The molecule has 13 rings (SSSR count). The molecule has 0 aliphatic heterocycles. The molecule has 332 valence electrons. The average molecular weight is 1080 g/mol. The quantitative estimate of drug-likeness (QED) is 0.107. The number of nitrogens with zero attached hydrogens (tertiary/aromatic N) is 5. The van der Waals surface area contributed by atoms with E-state index in [0.29, 0.717) is 39.4 Å². The minimum atomic E-state index is -1.66. The second kappa shape index (κ2) is 17.4. The van der Waals surface area contributed by atoms with E-state index in [-0.39, 0.29) is 54.8 Å². The number of pyridine rings is 1. The Kier molecular flexibility index (Phi) is 7.79. The molecule has 4 aromatic heterocycles. The van der Waals surface area contributed by atoms with Crippen molar-refractivity contribution in [2.24, 2.45) is 0 Å². The first-order chi connectivity index (χ1) is 38.5. The maximum absolute atomic E-state index is 9.09. The first-order valence-corrected chi connectivity index (χ1v) is 21.9. The summed E-state index contributed by atoms with van der Waals surface area (Å²) < 4.78 is 119. The molecular formula is C62H41N5OPt-2. The standard InChI is InChI=1S/C62H41N5O.Pt/c1-2-42-35-36-63-60(37-42)67-55-32-14-11-27-52(55)61-58(66-53-30-12-9-25-50(53)51-26-10-13-31-54(51)66)39-47(40-59(61)67)68-46-24-17-23-45(38-46)64-41-65(57-34-16-15-33-56(57)64)62-48(43-19-5-3-6-20-43)28-18-29-49(62)44-21-7-4-8-22-44;/h3-37,39H,2H2,1H3;/q-2;/i2D2,3D,4D,5D,6D,7D,8D,19D,20D,21D,22D;. The normalized spacial score (nSPS) is 14.2. The molecular weight excluding hydrogens is 1030 g/mol. The van der Waals surface area contributed by atoms with Crippen LogP contribution in [0.4, 0.5) is 0 Å². The maximum atomic E-state index is 9.09. The zero-order chi connectivity index (χ0) is 55.6. The Morgan fingerprint density at radius 3 is 1.86 bits per heavy atom. The number of hydrogen-bond acceptors (Lipinski definition) is 2. The molecule has 0 saturated heterocycles. The van der Waals surface area contributed by atoms with Crippen molar-refractivity contribution in [1.29, 1.82) is 0 Å². The largest absolute Gasteiger partial charge is 0.510 e. The van der Waals surface area contributed by atoms with Gasteiger partial charge in [0.05, 0.1) is 41.5 Å². The van der Waals surface area contributed by atoms with Crippen molar-refractivity contribution >= 4 is 54.6 Å². The fourth-order valence-electron chi connectivity index (χ4n) is 9.42. The van der Waals surface area contributed by atoms with Gasteiger partial charge in [0.1, 0.15) is 5.82 Å². The van der Waals surface area contributed by atoms with Gasteiger partial charge in [0, 0.05) is 57.8 Å². The third kappa shape index (κ3) is 7.06. The molecule has 0 unspecified atom stereocenters. The molecule has 0 amide bonds. The van der Waals surface area contributed by atoms with Gasteiger partial charge in [0.2, 0.25) is 0 Å². The number of fused-ring (bicyclic) bond motifs is 7. The van der Waals surface area contributed by atoms with Gasteiger partial charge in [0.15, 0.2) is 0 Å². The predicted octanol–water partition coefficient (Wildman–Crippen LogP) is 14.6. The van der Waals surface area contributed by atoms with E-state index in [2.05, 4.69) is 53.4 Å². The molecule has 0 aliphatic rings. The third-order valence-corrected chi connectivity index (χ3v) is 12.3. The van der Waals surface area contributed by atoms with Crippen LogP contribution < -0.4 is 9.30 Å². The summed E-state index contributed by atoms with van der Waals surface area (Å²) in [4.78, 5) is 4.81. The second-order valence-electron chi connectivity index (χ2n) is 16.1. The number of para-hydroxylation sites is 6. The number of hydrogen-bond donors (Lipinski definition) is 0. The Bertz CT molecular complexity index is 4580. The van der Waals surface area contributed by atoms with Crippen molar-refractivity contribution in [2.75, 3.05) is 0 Å². The molecule has 0 radical (unpaired) electrons. The van der Waals surface area contributed by atoms with Crippen LogP contribution in [0.5, 0.6) is 11.5 Å². The zero-order valence-corrected chi connectivity index (χ0v) is 38.7. The summed E-state index contributed by atoms with van der Waals surface area (Å²) in [5.41, 5.74) is 6.16. The summed E-state index contributed by atoms with van der Waals surface area (Å²) in [5, 5.41) is 3.88. The number of benzene rings is 9. The van der Waals surface area contributed by atoms with E-state index in [4.69, 9.17) is 26.2 Å². The van der Waals surface area contributed by atoms with Gasteiger partial charge in [0.25, 0.3) is 6.33 Å². The summed E-state index contributed by atoms with van der Waals surface area (Å²) >= 11 is 0. The van der Waals surface area contributed by atoms with Crippen molar-refractivity contribution in [3.63, 3.8) is 0 Å². The molecule has 0 bridgehead atoms. The average Bonchev–Trinajstić information content (AvgIpc) is 4.23. The molecule has 7 heteroatoms. The SMILES string of the molecule is [2H]c1c([2H])c([2H])c(-c2cccc(-c3c([2H])c([2H])c([2H])c([2H])c3[2H])c2-[n+]2[c-]n(-c3[c-]c(Oc4[c-]c5c(c(-n6c7ccccc7c7ccccc76)c4)c4ccccc4n5-c4cc(C([2H])([2H])C)ccn4)ccc3)c3ccccc32)c([2H])c1[2H].[Pt]. The first kappa shape index (κ1) is 30.9. The molecule has 0 saturated carbocycles. The van der Waals surface area contributed by atoms with Crippen molar-refractivity contribution in [3.8, 4) is 56.6 Å². The number of aromatic nitrogens is 5. The summed E-state index contributed by atoms with van der Waals surface area (Å²) in [6.45, 7) is 1.51. The molecule has 0 atom stereocenters. The van der Waals surface area contributed by atoms with Crippen molar-refractivity contribution in [2.45, 2.75) is 13.3 Å². The van der Waals surface area contributed by atoms with Gasteiger partial charge in [-0.05, 0) is 81.3 Å². The monoisotopic (exact) mass is 1080 g/mol. The van der Waals surface area contributed by atoms with Crippen molar-refractivity contribution in [1.82, 2.24) is 18.7 Å². The van der Waals surface area contributed by atoms with E-state index in [1.54, 1.807) is 76.0 Å². The van der Waals surface area contributed by atoms with E-state index in [0.717, 1.165) is 43.8 Å². The van der Waals surface area contributed by atoms with Gasteiger partial charge in [-0.2, -0.15) is 12.1 Å². The van der Waals surface area contributed by atoms with Crippen LogP contribution >= 0.6 is 0 Å². The zero-order valence-electron chi connectivity index (χ0n) is 48.5.